The topological polar surface area (TPSA) is 39.7 Å². The molecule has 0 aliphatic carbocycles. The third-order valence-corrected chi connectivity index (χ3v) is 3.82. The van der Waals surface area contributed by atoms with Crippen molar-refractivity contribution < 1.29 is 0 Å². The first kappa shape index (κ1) is 21.4. The summed E-state index contributed by atoms with van der Waals surface area (Å²) in [5.74, 6) is 0.816. The second-order valence-corrected chi connectivity index (χ2v) is 6.27. The lowest BCUT2D eigenvalue weighted by atomic mass is 10.1. The van der Waals surface area contributed by atoms with Gasteiger partial charge in [0.05, 0.1) is 0 Å². The maximum Gasteiger partial charge on any atom is 0.191 e. The second-order valence-electron chi connectivity index (χ2n) is 6.27. The summed E-state index contributed by atoms with van der Waals surface area (Å²) in [6.07, 6.45) is 0. The third kappa shape index (κ3) is 7.44. The molecule has 0 saturated carbocycles. The van der Waals surface area contributed by atoms with E-state index in [0.29, 0.717) is 0 Å². The summed E-state index contributed by atoms with van der Waals surface area (Å²) in [5.41, 5.74) is 5.16. The SMILES string of the molecule is CN=C(NCc1cccc(C)c1)NCc1ccccc1CN(C)C.I. The van der Waals surface area contributed by atoms with Gasteiger partial charge in [-0.3, -0.25) is 4.99 Å². The summed E-state index contributed by atoms with van der Waals surface area (Å²) in [7, 11) is 5.98. The van der Waals surface area contributed by atoms with Crippen LogP contribution in [0.2, 0.25) is 0 Å². The van der Waals surface area contributed by atoms with Crippen molar-refractivity contribution in [2.75, 3.05) is 21.1 Å². The first-order valence-electron chi connectivity index (χ1n) is 8.30. The minimum absolute atomic E-state index is 0. The Morgan fingerprint density at radius 2 is 1.64 bits per heavy atom. The van der Waals surface area contributed by atoms with Crippen LogP contribution in [0.15, 0.2) is 53.5 Å². The zero-order valence-corrected chi connectivity index (χ0v) is 17.9. The summed E-state index contributed by atoms with van der Waals surface area (Å²) in [6.45, 7) is 4.57. The van der Waals surface area contributed by atoms with Gasteiger partial charge in [-0.25, -0.2) is 0 Å². The van der Waals surface area contributed by atoms with Gasteiger partial charge in [-0.1, -0.05) is 54.1 Å². The zero-order chi connectivity index (χ0) is 17.4. The van der Waals surface area contributed by atoms with Crippen molar-refractivity contribution in [2.45, 2.75) is 26.6 Å². The van der Waals surface area contributed by atoms with Gasteiger partial charge in [-0.2, -0.15) is 0 Å². The van der Waals surface area contributed by atoms with Gasteiger partial charge >= 0.3 is 0 Å². The number of nitrogens with one attached hydrogen (secondary N) is 2. The summed E-state index contributed by atoms with van der Waals surface area (Å²) < 4.78 is 0. The van der Waals surface area contributed by atoms with Crippen molar-refractivity contribution in [3.8, 4) is 0 Å². The number of rotatable bonds is 6. The number of hydrogen-bond acceptors (Lipinski definition) is 2. The van der Waals surface area contributed by atoms with E-state index < -0.39 is 0 Å². The van der Waals surface area contributed by atoms with Gasteiger partial charge in [0.15, 0.2) is 5.96 Å². The Morgan fingerprint density at radius 3 is 2.28 bits per heavy atom. The van der Waals surface area contributed by atoms with Crippen LogP contribution in [0.3, 0.4) is 0 Å². The fraction of sp³-hybridized carbons (Fsp3) is 0.350. The molecule has 0 amide bonds. The van der Waals surface area contributed by atoms with Crippen molar-refractivity contribution in [3.63, 3.8) is 0 Å². The minimum Gasteiger partial charge on any atom is -0.352 e. The Hall–Kier alpha value is -1.60. The van der Waals surface area contributed by atoms with E-state index in [0.717, 1.165) is 25.6 Å². The summed E-state index contributed by atoms with van der Waals surface area (Å²) in [5, 5.41) is 6.78. The summed E-state index contributed by atoms with van der Waals surface area (Å²) in [6, 6.07) is 17.0. The molecule has 0 atom stereocenters. The van der Waals surface area contributed by atoms with E-state index in [1.807, 2.05) is 0 Å². The monoisotopic (exact) mass is 452 g/mol. The lowest BCUT2D eigenvalue weighted by molar-refractivity contribution is 0.400. The lowest BCUT2D eigenvalue weighted by Gasteiger charge is -2.16. The van der Waals surface area contributed by atoms with Crippen LogP contribution in [0.5, 0.6) is 0 Å². The number of nitrogens with zero attached hydrogens (tertiary/aromatic N) is 2. The molecule has 0 radical (unpaired) electrons. The van der Waals surface area contributed by atoms with E-state index in [2.05, 4.69) is 90.1 Å². The van der Waals surface area contributed by atoms with Crippen LogP contribution in [0, 0.1) is 6.92 Å². The zero-order valence-electron chi connectivity index (χ0n) is 15.5. The number of aryl methyl sites for hydroxylation is 1. The lowest BCUT2D eigenvalue weighted by Crippen LogP contribution is -2.36. The molecule has 0 heterocycles. The van der Waals surface area contributed by atoms with Gasteiger partial charge in [0, 0.05) is 26.7 Å². The first-order chi connectivity index (χ1) is 11.6. The molecule has 0 aromatic heterocycles. The molecule has 0 spiro atoms. The molecule has 0 bridgehead atoms. The van der Waals surface area contributed by atoms with E-state index in [1.165, 1.54) is 22.3 Å². The molecule has 0 unspecified atom stereocenters. The van der Waals surface area contributed by atoms with Crippen LogP contribution < -0.4 is 10.6 Å². The molecule has 136 valence electrons. The van der Waals surface area contributed by atoms with E-state index in [-0.39, 0.29) is 24.0 Å². The Labute approximate surface area is 168 Å². The fourth-order valence-electron chi connectivity index (χ4n) is 2.63. The molecular formula is C20H29IN4. The second kappa shape index (κ2) is 11.1. The predicted octanol–water partition coefficient (Wildman–Crippen LogP) is 3.54. The molecular weight excluding hydrogens is 423 g/mol. The standard InChI is InChI=1S/C20H28N4.HI/c1-16-8-7-9-17(12-16)13-22-20(21-2)23-14-18-10-5-6-11-19(18)15-24(3)4;/h5-12H,13-15H2,1-4H3,(H2,21,22,23);1H. The van der Waals surface area contributed by atoms with E-state index in [4.69, 9.17) is 0 Å². The van der Waals surface area contributed by atoms with E-state index in [9.17, 15) is 0 Å². The Kier molecular flexibility index (Phi) is 9.52. The number of hydrogen-bond donors (Lipinski definition) is 2. The normalized spacial score (nSPS) is 11.2. The molecule has 0 aliphatic heterocycles. The number of aliphatic imine (C=N–C) groups is 1. The number of benzene rings is 2. The molecule has 0 saturated heterocycles. The smallest absolute Gasteiger partial charge is 0.191 e. The highest BCUT2D eigenvalue weighted by Crippen LogP contribution is 2.10. The Balaban J connectivity index is 0.00000312. The predicted molar refractivity (Wildman–Crippen MR) is 117 cm³/mol. The molecule has 0 aliphatic rings. The molecule has 2 rings (SSSR count). The van der Waals surface area contributed by atoms with Crippen molar-refractivity contribution in [1.82, 2.24) is 15.5 Å². The highest BCUT2D eigenvalue weighted by atomic mass is 127. The van der Waals surface area contributed by atoms with Crippen LogP contribution in [-0.2, 0) is 19.6 Å². The average molecular weight is 452 g/mol. The van der Waals surface area contributed by atoms with Crippen LogP contribution in [0.1, 0.15) is 22.3 Å². The summed E-state index contributed by atoms with van der Waals surface area (Å²) >= 11 is 0. The molecule has 2 aromatic rings. The maximum atomic E-state index is 4.32. The van der Waals surface area contributed by atoms with Crippen LogP contribution in [-0.4, -0.2) is 32.0 Å². The van der Waals surface area contributed by atoms with Gasteiger partial charge in [-0.15, -0.1) is 24.0 Å². The number of halogens is 1. The molecule has 5 heteroatoms. The Morgan fingerprint density at radius 1 is 0.960 bits per heavy atom. The van der Waals surface area contributed by atoms with Crippen molar-refractivity contribution in [1.29, 1.82) is 0 Å². The quantitative estimate of drug-likeness (QED) is 0.400. The highest BCUT2D eigenvalue weighted by Gasteiger charge is 2.04. The van der Waals surface area contributed by atoms with Crippen molar-refractivity contribution in [2.24, 2.45) is 4.99 Å². The van der Waals surface area contributed by atoms with Crippen LogP contribution in [0.25, 0.3) is 0 Å². The van der Waals surface area contributed by atoms with Gasteiger partial charge in [-0.05, 0) is 37.7 Å². The molecule has 4 nitrogen and oxygen atoms in total. The third-order valence-electron chi connectivity index (χ3n) is 3.82. The average Bonchev–Trinajstić information content (AvgIpc) is 2.56. The van der Waals surface area contributed by atoms with Crippen molar-refractivity contribution in [3.05, 3.63) is 70.8 Å². The summed E-state index contributed by atoms with van der Waals surface area (Å²) in [4.78, 5) is 6.50. The van der Waals surface area contributed by atoms with Gasteiger partial charge in [0.1, 0.15) is 0 Å². The van der Waals surface area contributed by atoms with Crippen LogP contribution in [0.4, 0.5) is 0 Å². The molecule has 0 fully saturated rings. The maximum absolute atomic E-state index is 4.32. The fourth-order valence-corrected chi connectivity index (χ4v) is 2.63. The van der Waals surface area contributed by atoms with Crippen LogP contribution >= 0.6 is 24.0 Å². The van der Waals surface area contributed by atoms with Gasteiger partial charge < -0.3 is 15.5 Å². The number of guanidine groups is 1. The van der Waals surface area contributed by atoms with Gasteiger partial charge in [0.2, 0.25) is 0 Å². The van der Waals surface area contributed by atoms with Crippen molar-refractivity contribution >= 4 is 29.9 Å². The van der Waals surface area contributed by atoms with E-state index in [1.54, 1.807) is 7.05 Å². The minimum atomic E-state index is 0. The van der Waals surface area contributed by atoms with E-state index >= 15 is 0 Å². The first-order valence-corrected chi connectivity index (χ1v) is 8.30. The van der Waals surface area contributed by atoms with Gasteiger partial charge in [0.25, 0.3) is 0 Å². The Bertz CT molecular complexity index is 683. The molecule has 2 aromatic carbocycles. The highest BCUT2D eigenvalue weighted by molar-refractivity contribution is 14.0. The molecule has 2 N–H and O–H groups in total. The largest absolute Gasteiger partial charge is 0.352 e. The molecule has 25 heavy (non-hydrogen) atoms.